The van der Waals surface area contributed by atoms with E-state index in [9.17, 15) is 9.59 Å². The van der Waals surface area contributed by atoms with Crippen LogP contribution >= 0.6 is 0 Å². The Balaban J connectivity index is 1.42. The predicted octanol–water partition coefficient (Wildman–Crippen LogP) is 2.22. The van der Waals surface area contributed by atoms with Crippen LogP contribution in [0.5, 0.6) is 0 Å². The van der Waals surface area contributed by atoms with Crippen molar-refractivity contribution in [2.75, 3.05) is 26.2 Å². The average molecular weight is 361 g/mol. The minimum atomic E-state index is -0.0462. The van der Waals surface area contributed by atoms with Gasteiger partial charge in [-0.25, -0.2) is 4.79 Å². The first-order chi connectivity index (χ1) is 12.5. The van der Waals surface area contributed by atoms with E-state index >= 15 is 0 Å². The lowest BCUT2D eigenvalue weighted by Crippen LogP contribution is -2.45. The van der Waals surface area contributed by atoms with Gasteiger partial charge in [0.2, 0.25) is 5.91 Å². The summed E-state index contributed by atoms with van der Waals surface area (Å²) in [5.41, 5.74) is 2.14. The van der Waals surface area contributed by atoms with E-state index in [0.29, 0.717) is 18.2 Å². The maximum Gasteiger partial charge on any atom is 0.317 e. The van der Waals surface area contributed by atoms with Crippen LogP contribution < -0.4 is 5.32 Å². The van der Waals surface area contributed by atoms with Crippen molar-refractivity contribution in [3.63, 3.8) is 0 Å². The van der Waals surface area contributed by atoms with Gasteiger partial charge in [0.15, 0.2) is 0 Å². The number of carbonyl (C=O) groups excluding carboxylic acids is 2. The van der Waals surface area contributed by atoms with Crippen LogP contribution in [0.2, 0.25) is 0 Å². The second-order valence-electron chi connectivity index (χ2n) is 7.68. The number of rotatable bonds is 5. The number of aryl methyl sites for hydroxylation is 1. The number of amides is 3. The summed E-state index contributed by atoms with van der Waals surface area (Å²) in [5.74, 6) is 0.923. The molecule has 7 heteroatoms. The Kier molecular flexibility index (Phi) is 5.84. The number of piperidine rings is 1. The smallest absolute Gasteiger partial charge is 0.317 e. The number of hydrogen-bond donors (Lipinski definition) is 1. The average Bonchev–Trinajstić information content (AvgIpc) is 3.19. The number of hydrogen-bond acceptors (Lipinski definition) is 3. The highest BCUT2D eigenvalue weighted by atomic mass is 16.2. The van der Waals surface area contributed by atoms with Gasteiger partial charge in [-0.15, -0.1) is 0 Å². The zero-order valence-corrected chi connectivity index (χ0v) is 16.2. The zero-order chi connectivity index (χ0) is 18.7. The lowest BCUT2D eigenvalue weighted by Gasteiger charge is -2.33. The first kappa shape index (κ1) is 18.7. The molecule has 3 heterocycles. The topological polar surface area (TPSA) is 70.5 Å². The Labute approximate surface area is 155 Å². The van der Waals surface area contributed by atoms with E-state index in [0.717, 1.165) is 63.1 Å². The number of aromatic nitrogens is 2. The quantitative estimate of drug-likeness (QED) is 0.874. The molecule has 0 bridgehead atoms. The van der Waals surface area contributed by atoms with Crippen molar-refractivity contribution in [1.29, 1.82) is 0 Å². The second kappa shape index (κ2) is 8.10. The molecule has 1 unspecified atom stereocenters. The van der Waals surface area contributed by atoms with Gasteiger partial charge in [-0.05, 0) is 45.4 Å². The van der Waals surface area contributed by atoms with E-state index < -0.39 is 0 Å². The largest absolute Gasteiger partial charge is 0.343 e. The third-order valence-corrected chi connectivity index (χ3v) is 5.96. The standard InChI is InChI=1S/C19H31N5O2/c1-14(17-13-20-22(3)15(17)2)21-19(26)24-11-7-16(8-12-24)6-10-23-9-4-5-18(23)25/h13-14,16H,4-12H2,1-3H3,(H,21,26). The number of urea groups is 1. The van der Waals surface area contributed by atoms with E-state index in [1.165, 1.54) is 0 Å². The Morgan fingerprint density at radius 1 is 1.35 bits per heavy atom. The number of nitrogens with zero attached hydrogens (tertiary/aromatic N) is 4. The van der Waals surface area contributed by atoms with Crippen molar-refractivity contribution in [3.8, 4) is 0 Å². The van der Waals surface area contributed by atoms with Crippen molar-refractivity contribution in [1.82, 2.24) is 24.9 Å². The minimum Gasteiger partial charge on any atom is -0.343 e. The normalized spacial score (nSPS) is 19.9. The molecule has 3 rings (SSSR count). The first-order valence-corrected chi connectivity index (χ1v) is 9.77. The zero-order valence-electron chi connectivity index (χ0n) is 16.2. The minimum absolute atomic E-state index is 0.00826. The summed E-state index contributed by atoms with van der Waals surface area (Å²) in [7, 11) is 1.91. The monoisotopic (exact) mass is 361 g/mol. The molecule has 26 heavy (non-hydrogen) atoms. The summed E-state index contributed by atoms with van der Waals surface area (Å²) in [5, 5.41) is 7.35. The number of likely N-dealkylation sites (tertiary alicyclic amines) is 2. The fourth-order valence-corrected chi connectivity index (χ4v) is 4.00. The van der Waals surface area contributed by atoms with Gasteiger partial charge in [0.05, 0.1) is 12.2 Å². The molecule has 0 aliphatic carbocycles. The molecule has 7 nitrogen and oxygen atoms in total. The third kappa shape index (κ3) is 4.19. The van der Waals surface area contributed by atoms with Gasteiger partial charge >= 0.3 is 6.03 Å². The molecule has 0 spiro atoms. The summed E-state index contributed by atoms with van der Waals surface area (Å²) in [6.45, 7) is 7.41. The molecule has 2 aliphatic rings. The lowest BCUT2D eigenvalue weighted by molar-refractivity contribution is -0.127. The highest BCUT2D eigenvalue weighted by Gasteiger charge is 2.26. The summed E-state index contributed by atoms with van der Waals surface area (Å²) < 4.78 is 1.83. The van der Waals surface area contributed by atoms with Crippen molar-refractivity contribution in [2.24, 2.45) is 13.0 Å². The van der Waals surface area contributed by atoms with Crippen molar-refractivity contribution in [2.45, 2.75) is 52.0 Å². The van der Waals surface area contributed by atoms with Crippen LogP contribution in [0.15, 0.2) is 6.20 Å². The molecule has 0 radical (unpaired) electrons. The lowest BCUT2D eigenvalue weighted by atomic mass is 9.93. The second-order valence-corrected chi connectivity index (χ2v) is 7.68. The van der Waals surface area contributed by atoms with E-state index in [4.69, 9.17) is 0 Å². The Hall–Kier alpha value is -2.05. The molecule has 3 amide bonds. The fraction of sp³-hybridized carbons (Fsp3) is 0.737. The van der Waals surface area contributed by atoms with Gasteiger partial charge < -0.3 is 15.1 Å². The summed E-state index contributed by atoms with van der Waals surface area (Å²) in [6, 6.07) is -0.0379. The number of carbonyl (C=O) groups is 2. The highest BCUT2D eigenvalue weighted by Crippen LogP contribution is 2.23. The molecule has 2 saturated heterocycles. The molecule has 0 saturated carbocycles. The molecule has 1 aromatic heterocycles. The molecular weight excluding hydrogens is 330 g/mol. The summed E-state index contributed by atoms with van der Waals surface area (Å²) >= 11 is 0. The molecular formula is C19H31N5O2. The molecule has 1 N–H and O–H groups in total. The predicted molar refractivity (Wildman–Crippen MR) is 99.6 cm³/mol. The molecule has 1 atom stereocenters. The van der Waals surface area contributed by atoms with Crippen LogP contribution in [0.1, 0.15) is 56.3 Å². The molecule has 0 aromatic carbocycles. The Bertz CT molecular complexity index is 648. The fourth-order valence-electron chi connectivity index (χ4n) is 4.00. The van der Waals surface area contributed by atoms with Gasteiger partial charge in [0, 0.05) is 50.9 Å². The maximum atomic E-state index is 12.6. The molecule has 2 fully saturated rings. The SMILES string of the molecule is Cc1c(C(C)NC(=O)N2CCC(CCN3CCCC3=O)CC2)cnn1C. The third-order valence-electron chi connectivity index (χ3n) is 5.96. The maximum absolute atomic E-state index is 12.6. The Morgan fingerprint density at radius 2 is 2.08 bits per heavy atom. The van der Waals surface area contributed by atoms with Crippen LogP contribution in [0.3, 0.4) is 0 Å². The summed E-state index contributed by atoms with van der Waals surface area (Å²) in [4.78, 5) is 28.2. The van der Waals surface area contributed by atoms with Gasteiger partial charge in [0.1, 0.15) is 0 Å². The van der Waals surface area contributed by atoms with E-state index in [1.54, 1.807) is 0 Å². The van der Waals surface area contributed by atoms with Crippen LogP contribution in [0.25, 0.3) is 0 Å². The van der Waals surface area contributed by atoms with Crippen molar-refractivity contribution < 1.29 is 9.59 Å². The van der Waals surface area contributed by atoms with Crippen molar-refractivity contribution in [3.05, 3.63) is 17.5 Å². The molecule has 144 valence electrons. The van der Waals surface area contributed by atoms with Crippen LogP contribution in [0.4, 0.5) is 4.79 Å². The number of nitrogens with one attached hydrogen (secondary N) is 1. The summed E-state index contributed by atoms with van der Waals surface area (Å²) in [6.07, 6.45) is 6.66. The van der Waals surface area contributed by atoms with Gasteiger partial charge in [-0.1, -0.05) is 0 Å². The molecule has 1 aromatic rings. The van der Waals surface area contributed by atoms with Gasteiger partial charge in [0.25, 0.3) is 0 Å². The molecule has 2 aliphatic heterocycles. The highest BCUT2D eigenvalue weighted by molar-refractivity contribution is 5.78. The van der Waals surface area contributed by atoms with Crippen LogP contribution in [0, 0.1) is 12.8 Å². The van der Waals surface area contributed by atoms with E-state index in [2.05, 4.69) is 10.4 Å². The van der Waals surface area contributed by atoms with Gasteiger partial charge in [-0.2, -0.15) is 5.10 Å². The van der Waals surface area contributed by atoms with Crippen molar-refractivity contribution >= 4 is 11.9 Å². The van der Waals surface area contributed by atoms with Gasteiger partial charge in [-0.3, -0.25) is 9.48 Å². The van der Waals surface area contributed by atoms with E-state index in [-0.39, 0.29) is 12.1 Å². The van der Waals surface area contributed by atoms with Crippen LogP contribution in [-0.2, 0) is 11.8 Å². The first-order valence-electron chi connectivity index (χ1n) is 9.77. The van der Waals surface area contributed by atoms with Crippen LogP contribution in [-0.4, -0.2) is 57.7 Å². The van der Waals surface area contributed by atoms with E-state index in [1.807, 2.05) is 41.6 Å². The Morgan fingerprint density at radius 3 is 2.65 bits per heavy atom.